The normalized spacial score (nSPS) is 17.7. The maximum absolute atomic E-state index is 12.1. The highest BCUT2D eigenvalue weighted by Gasteiger charge is 2.28. The molecule has 1 amide bonds. The van der Waals surface area contributed by atoms with Crippen LogP contribution in [0.2, 0.25) is 0 Å². The van der Waals surface area contributed by atoms with Gasteiger partial charge >= 0.3 is 0 Å². The maximum atomic E-state index is 12.1. The van der Waals surface area contributed by atoms with Gasteiger partial charge in [0.05, 0.1) is 11.8 Å². The van der Waals surface area contributed by atoms with E-state index in [1.54, 1.807) is 0 Å². The molecule has 1 aromatic carbocycles. The molecular weight excluding hydrogens is 374 g/mol. The van der Waals surface area contributed by atoms with Crippen molar-refractivity contribution in [2.75, 3.05) is 49.9 Å². The summed E-state index contributed by atoms with van der Waals surface area (Å²) in [6.45, 7) is 7.79. The number of anilines is 1. The monoisotopic (exact) mass is 401 g/mol. The number of benzene rings is 1. The second-order valence-electron chi connectivity index (χ2n) is 7.44. The number of carbonyl (C=O) groups excluding carboxylic acids is 1. The first kappa shape index (κ1) is 19.2. The third-order valence-corrected chi connectivity index (χ3v) is 6.11. The molecule has 1 aliphatic heterocycles. The Morgan fingerprint density at radius 3 is 2.82 bits per heavy atom. The van der Waals surface area contributed by atoms with E-state index in [2.05, 4.69) is 61.8 Å². The number of rotatable bonds is 8. The highest BCUT2D eigenvalue weighted by atomic mass is 32.2. The lowest BCUT2D eigenvalue weighted by Crippen LogP contribution is -2.48. The molecular formula is C19H27N7OS. The number of aryl methyl sites for hydroxylation is 1. The van der Waals surface area contributed by atoms with Gasteiger partial charge in [0.2, 0.25) is 11.1 Å². The Kier molecular flexibility index (Phi) is 6.11. The minimum absolute atomic E-state index is 0.0359. The van der Waals surface area contributed by atoms with Crippen molar-refractivity contribution in [2.45, 2.75) is 31.0 Å². The molecule has 1 aromatic heterocycles. The van der Waals surface area contributed by atoms with Gasteiger partial charge in [0.25, 0.3) is 0 Å². The highest BCUT2D eigenvalue weighted by Crippen LogP contribution is 2.36. The van der Waals surface area contributed by atoms with Crippen molar-refractivity contribution in [1.29, 1.82) is 0 Å². The lowest BCUT2D eigenvalue weighted by molar-refractivity contribution is -0.118. The first-order valence-corrected chi connectivity index (χ1v) is 10.9. The van der Waals surface area contributed by atoms with Crippen LogP contribution < -0.4 is 10.2 Å². The Morgan fingerprint density at radius 1 is 1.25 bits per heavy atom. The molecule has 0 spiro atoms. The fraction of sp³-hybridized carbons (Fsp3) is 0.579. The molecule has 1 saturated carbocycles. The van der Waals surface area contributed by atoms with E-state index in [9.17, 15) is 4.79 Å². The molecule has 28 heavy (non-hydrogen) atoms. The smallest absolute Gasteiger partial charge is 0.230 e. The largest absolute Gasteiger partial charge is 0.369 e. The molecule has 2 aromatic rings. The summed E-state index contributed by atoms with van der Waals surface area (Å²) in [5, 5.41) is 15.5. The predicted molar refractivity (Wildman–Crippen MR) is 110 cm³/mol. The van der Waals surface area contributed by atoms with Crippen LogP contribution in [0.15, 0.2) is 29.4 Å². The van der Waals surface area contributed by atoms with Crippen LogP contribution in [0.5, 0.6) is 0 Å². The average Bonchev–Trinajstić information content (AvgIpc) is 3.44. The fourth-order valence-electron chi connectivity index (χ4n) is 3.42. The second kappa shape index (κ2) is 8.91. The molecule has 9 heteroatoms. The molecule has 0 radical (unpaired) electrons. The van der Waals surface area contributed by atoms with Crippen molar-refractivity contribution in [3.8, 4) is 0 Å². The van der Waals surface area contributed by atoms with Crippen LogP contribution in [0.4, 0.5) is 5.69 Å². The first-order valence-electron chi connectivity index (χ1n) is 9.90. The Labute approximate surface area is 169 Å². The summed E-state index contributed by atoms with van der Waals surface area (Å²) >= 11 is 1.41. The van der Waals surface area contributed by atoms with Gasteiger partial charge in [-0.1, -0.05) is 23.9 Å². The third kappa shape index (κ3) is 5.02. The molecule has 0 atom stereocenters. The SMILES string of the molecule is Cc1cccc(N2CCN(CCNC(=O)CSc3nnnn3C3CC3)CC2)c1. The number of piperazine rings is 1. The highest BCUT2D eigenvalue weighted by molar-refractivity contribution is 7.99. The van der Waals surface area contributed by atoms with Gasteiger partial charge in [-0.05, 0) is 47.9 Å². The lowest BCUT2D eigenvalue weighted by Gasteiger charge is -2.36. The van der Waals surface area contributed by atoms with Gasteiger partial charge in [0.15, 0.2) is 0 Å². The fourth-order valence-corrected chi connectivity index (χ4v) is 4.19. The summed E-state index contributed by atoms with van der Waals surface area (Å²) < 4.78 is 1.84. The van der Waals surface area contributed by atoms with Crippen LogP contribution in [0.3, 0.4) is 0 Å². The molecule has 4 rings (SSSR count). The number of nitrogens with zero attached hydrogens (tertiary/aromatic N) is 6. The van der Waals surface area contributed by atoms with Crippen molar-refractivity contribution < 1.29 is 4.79 Å². The van der Waals surface area contributed by atoms with E-state index in [0.717, 1.165) is 50.7 Å². The zero-order valence-corrected chi connectivity index (χ0v) is 17.1. The van der Waals surface area contributed by atoms with Gasteiger partial charge in [-0.25, -0.2) is 4.68 Å². The molecule has 1 saturated heterocycles. The molecule has 0 bridgehead atoms. The Morgan fingerprint density at radius 2 is 2.07 bits per heavy atom. The van der Waals surface area contributed by atoms with Crippen molar-refractivity contribution in [3.05, 3.63) is 29.8 Å². The predicted octanol–water partition coefficient (Wildman–Crippen LogP) is 1.35. The number of tetrazole rings is 1. The molecule has 1 aliphatic carbocycles. The number of amides is 1. The number of nitrogens with one attached hydrogen (secondary N) is 1. The van der Waals surface area contributed by atoms with E-state index >= 15 is 0 Å². The van der Waals surface area contributed by atoms with Crippen LogP contribution in [0, 0.1) is 6.92 Å². The van der Waals surface area contributed by atoms with E-state index in [-0.39, 0.29) is 5.91 Å². The first-order chi connectivity index (χ1) is 13.7. The number of aromatic nitrogens is 4. The van der Waals surface area contributed by atoms with Crippen LogP contribution in [0.25, 0.3) is 0 Å². The van der Waals surface area contributed by atoms with Gasteiger partial charge in [-0.15, -0.1) is 5.10 Å². The van der Waals surface area contributed by atoms with E-state index in [0.29, 0.717) is 18.3 Å². The van der Waals surface area contributed by atoms with Gasteiger partial charge in [0, 0.05) is 45.0 Å². The summed E-state index contributed by atoms with van der Waals surface area (Å²) in [7, 11) is 0. The van der Waals surface area contributed by atoms with Crippen molar-refractivity contribution in [3.63, 3.8) is 0 Å². The topological polar surface area (TPSA) is 79.2 Å². The van der Waals surface area contributed by atoms with Crippen molar-refractivity contribution >= 4 is 23.4 Å². The van der Waals surface area contributed by atoms with E-state index in [1.807, 2.05) is 4.68 Å². The average molecular weight is 402 g/mol. The quantitative estimate of drug-likeness (QED) is 0.669. The minimum Gasteiger partial charge on any atom is -0.369 e. The standard InChI is InChI=1S/C19H27N7OS/c1-15-3-2-4-17(13-15)25-11-9-24(10-12-25)8-7-20-18(27)14-28-19-21-22-23-26(19)16-5-6-16/h2-4,13,16H,5-12,14H2,1H3,(H,20,27). The minimum atomic E-state index is 0.0359. The van der Waals surface area contributed by atoms with Gasteiger partial charge < -0.3 is 10.2 Å². The van der Waals surface area contributed by atoms with Crippen molar-refractivity contribution in [2.24, 2.45) is 0 Å². The zero-order valence-electron chi connectivity index (χ0n) is 16.3. The number of hydrogen-bond acceptors (Lipinski definition) is 7. The molecule has 2 fully saturated rings. The molecule has 150 valence electrons. The Hall–Kier alpha value is -2.13. The van der Waals surface area contributed by atoms with E-state index < -0.39 is 0 Å². The van der Waals surface area contributed by atoms with Gasteiger partial charge in [-0.3, -0.25) is 9.69 Å². The van der Waals surface area contributed by atoms with Crippen LogP contribution >= 0.6 is 11.8 Å². The number of thioether (sulfide) groups is 1. The second-order valence-corrected chi connectivity index (χ2v) is 8.39. The lowest BCUT2D eigenvalue weighted by atomic mass is 10.2. The summed E-state index contributed by atoms with van der Waals surface area (Å²) in [6, 6.07) is 9.10. The van der Waals surface area contributed by atoms with E-state index in [1.165, 1.54) is 23.0 Å². The summed E-state index contributed by atoms with van der Waals surface area (Å²) in [4.78, 5) is 17.0. The van der Waals surface area contributed by atoms with Crippen LogP contribution in [-0.4, -0.2) is 76.0 Å². The van der Waals surface area contributed by atoms with E-state index in [4.69, 9.17) is 0 Å². The Balaban J connectivity index is 1.13. The summed E-state index contributed by atoms with van der Waals surface area (Å²) in [6.07, 6.45) is 2.25. The zero-order chi connectivity index (χ0) is 19.3. The van der Waals surface area contributed by atoms with Crippen LogP contribution in [0.1, 0.15) is 24.4 Å². The molecule has 2 aliphatic rings. The molecule has 0 unspecified atom stereocenters. The van der Waals surface area contributed by atoms with Gasteiger partial charge in [-0.2, -0.15) is 0 Å². The van der Waals surface area contributed by atoms with Gasteiger partial charge in [0.1, 0.15) is 0 Å². The molecule has 2 heterocycles. The Bertz CT molecular complexity index is 799. The maximum Gasteiger partial charge on any atom is 0.230 e. The summed E-state index contributed by atoms with van der Waals surface area (Å²) in [5.41, 5.74) is 2.60. The van der Waals surface area contributed by atoms with Crippen molar-refractivity contribution in [1.82, 2.24) is 30.4 Å². The molecule has 8 nitrogen and oxygen atoms in total. The molecule has 1 N–H and O–H groups in total. The number of hydrogen-bond donors (Lipinski definition) is 1. The number of carbonyl (C=O) groups is 1. The summed E-state index contributed by atoms with van der Waals surface area (Å²) in [5.74, 6) is 0.391. The third-order valence-electron chi connectivity index (χ3n) is 5.18. The van der Waals surface area contributed by atoms with Crippen LogP contribution in [-0.2, 0) is 4.79 Å².